The lowest BCUT2D eigenvalue weighted by atomic mass is 9.97. The van der Waals surface area contributed by atoms with Gasteiger partial charge in [0, 0.05) is 12.6 Å². The van der Waals surface area contributed by atoms with Crippen LogP contribution in [0.2, 0.25) is 0 Å². The van der Waals surface area contributed by atoms with Gasteiger partial charge in [-0.05, 0) is 11.8 Å². The second-order valence-electron chi connectivity index (χ2n) is 5.09. The van der Waals surface area contributed by atoms with E-state index in [0.717, 1.165) is 0 Å². The van der Waals surface area contributed by atoms with Crippen molar-refractivity contribution in [3.05, 3.63) is 0 Å². The summed E-state index contributed by atoms with van der Waals surface area (Å²) in [6.45, 7) is 8.45. The van der Waals surface area contributed by atoms with E-state index < -0.39 is 5.97 Å². The molecule has 16 heavy (non-hydrogen) atoms. The minimum atomic E-state index is -0.900. The van der Waals surface area contributed by atoms with Crippen molar-refractivity contribution in [2.45, 2.75) is 46.6 Å². The summed E-state index contributed by atoms with van der Waals surface area (Å²) < 4.78 is 0. The van der Waals surface area contributed by atoms with Crippen LogP contribution in [0.4, 0.5) is 4.79 Å². The largest absolute Gasteiger partial charge is 0.481 e. The Kier molecular flexibility index (Phi) is 5.85. The molecule has 3 N–H and O–H groups in total. The lowest BCUT2D eigenvalue weighted by Crippen LogP contribution is -2.45. The molecular weight excluding hydrogens is 208 g/mol. The van der Waals surface area contributed by atoms with Gasteiger partial charge in [-0.25, -0.2) is 4.79 Å². The van der Waals surface area contributed by atoms with Crippen LogP contribution in [0.3, 0.4) is 0 Å². The zero-order valence-electron chi connectivity index (χ0n) is 10.5. The highest BCUT2D eigenvalue weighted by Crippen LogP contribution is 2.10. The van der Waals surface area contributed by atoms with Crippen LogP contribution in [-0.2, 0) is 4.79 Å². The van der Waals surface area contributed by atoms with Crippen molar-refractivity contribution in [3.63, 3.8) is 0 Å². The van der Waals surface area contributed by atoms with E-state index in [-0.39, 0.29) is 23.9 Å². The predicted octanol–water partition coefficient (Wildman–Crippen LogP) is 1.58. The van der Waals surface area contributed by atoms with Crippen molar-refractivity contribution in [1.29, 1.82) is 0 Å². The summed E-state index contributed by atoms with van der Waals surface area (Å²) in [6, 6.07) is -0.611. The van der Waals surface area contributed by atoms with Gasteiger partial charge in [0.2, 0.25) is 0 Å². The summed E-state index contributed by atoms with van der Waals surface area (Å²) in [5, 5.41) is 14.0. The highest BCUT2D eigenvalue weighted by atomic mass is 16.4. The molecule has 5 heteroatoms. The molecule has 0 rings (SSSR count). The van der Waals surface area contributed by atoms with E-state index >= 15 is 0 Å². The first kappa shape index (κ1) is 14.7. The Morgan fingerprint density at radius 3 is 2.25 bits per heavy atom. The molecule has 0 spiro atoms. The number of amides is 2. The van der Waals surface area contributed by atoms with Crippen LogP contribution in [0.1, 0.15) is 40.5 Å². The topological polar surface area (TPSA) is 78.4 Å². The van der Waals surface area contributed by atoms with Gasteiger partial charge in [0.25, 0.3) is 0 Å². The van der Waals surface area contributed by atoms with Gasteiger partial charge in [-0.15, -0.1) is 0 Å². The van der Waals surface area contributed by atoms with Gasteiger partial charge in [-0.1, -0.05) is 27.7 Å². The van der Waals surface area contributed by atoms with Gasteiger partial charge in [0.15, 0.2) is 0 Å². The molecule has 0 aliphatic rings. The molecule has 0 aromatic rings. The van der Waals surface area contributed by atoms with Crippen LogP contribution in [0, 0.1) is 5.41 Å². The molecule has 0 saturated heterocycles. The molecule has 5 nitrogen and oxygen atoms in total. The van der Waals surface area contributed by atoms with Gasteiger partial charge in [-0.3, -0.25) is 4.79 Å². The molecule has 0 saturated carbocycles. The molecule has 0 heterocycles. The molecule has 0 fully saturated rings. The van der Waals surface area contributed by atoms with Crippen molar-refractivity contribution in [3.8, 4) is 0 Å². The monoisotopic (exact) mass is 230 g/mol. The quantitative estimate of drug-likeness (QED) is 0.671. The summed E-state index contributed by atoms with van der Waals surface area (Å²) in [7, 11) is 0. The van der Waals surface area contributed by atoms with Crippen molar-refractivity contribution in [2.75, 3.05) is 6.54 Å². The Bertz CT molecular complexity index is 246. The number of hydrogen-bond donors (Lipinski definition) is 3. The highest BCUT2D eigenvalue weighted by Gasteiger charge is 2.16. The zero-order chi connectivity index (χ0) is 12.8. The van der Waals surface area contributed by atoms with E-state index in [1.807, 2.05) is 27.7 Å². The Morgan fingerprint density at radius 1 is 1.31 bits per heavy atom. The minimum Gasteiger partial charge on any atom is -0.481 e. The van der Waals surface area contributed by atoms with E-state index in [2.05, 4.69) is 10.6 Å². The summed E-state index contributed by atoms with van der Waals surface area (Å²) >= 11 is 0. The summed E-state index contributed by atoms with van der Waals surface area (Å²) in [6.07, 6.45) is 0.564. The summed E-state index contributed by atoms with van der Waals surface area (Å²) in [5.41, 5.74) is 0.0197. The lowest BCUT2D eigenvalue weighted by molar-refractivity contribution is -0.137. The van der Waals surface area contributed by atoms with E-state index in [1.165, 1.54) is 0 Å². The molecule has 2 amide bonds. The number of nitrogens with one attached hydrogen (secondary N) is 2. The fourth-order valence-electron chi connectivity index (χ4n) is 1.09. The second kappa shape index (κ2) is 6.35. The number of aliphatic carboxylic acids is 1. The van der Waals surface area contributed by atoms with E-state index in [4.69, 9.17) is 5.11 Å². The third-order valence-electron chi connectivity index (χ3n) is 2.03. The highest BCUT2D eigenvalue weighted by molar-refractivity contribution is 5.75. The molecule has 0 aromatic heterocycles. The number of carbonyl (C=O) groups is 2. The molecule has 0 bridgehead atoms. The third kappa shape index (κ3) is 8.08. The smallest absolute Gasteiger partial charge is 0.315 e. The Morgan fingerprint density at radius 2 is 1.88 bits per heavy atom. The normalized spacial score (nSPS) is 13.0. The van der Waals surface area contributed by atoms with Gasteiger partial charge in [0.05, 0.1) is 6.42 Å². The van der Waals surface area contributed by atoms with E-state index in [0.29, 0.717) is 13.0 Å². The Labute approximate surface area is 96.6 Å². The molecule has 0 aliphatic carbocycles. The average Bonchev–Trinajstić information content (AvgIpc) is 2.12. The minimum absolute atomic E-state index is 0.0197. The van der Waals surface area contributed by atoms with E-state index in [9.17, 15) is 9.59 Å². The predicted molar refractivity (Wildman–Crippen MR) is 62.3 cm³/mol. The van der Waals surface area contributed by atoms with E-state index in [1.54, 1.807) is 0 Å². The maximum absolute atomic E-state index is 11.4. The fraction of sp³-hybridized carbons (Fsp3) is 0.818. The van der Waals surface area contributed by atoms with Crippen LogP contribution in [0.25, 0.3) is 0 Å². The molecule has 94 valence electrons. The van der Waals surface area contributed by atoms with Crippen molar-refractivity contribution in [2.24, 2.45) is 5.41 Å². The lowest BCUT2D eigenvalue weighted by Gasteiger charge is -2.21. The van der Waals surface area contributed by atoms with Crippen molar-refractivity contribution >= 4 is 12.0 Å². The molecule has 0 aromatic carbocycles. The van der Waals surface area contributed by atoms with Crippen molar-refractivity contribution < 1.29 is 14.7 Å². The third-order valence-corrected chi connectivity index (χ3v) is 2.03. The molecule has 1 atom stereocenters. The maximum Gasteiger partial charge on any atom is 0.315 e. The zero-order valence-corrected chi connectivity index (χ0v) is 10.5. The Hall–Kier alpha value is -1.26. The molecule has 0 aliphatic heterocycles. The van der Waals surface area contributed by atoms with Gasteiger partial charge >= 0.3 is 12.0 Å². The first-order valence-corrected chi connectivity index (χ1v) is 5.50. The van der Waals surface area contributed by atoms with Crippen LogP contribution in [0.15, 0.2) is 0 Å². The van der Waals surface area contributed by atoms with Crippen LogP contribution >= 0.6 is 0 Å². The fourth-order valence-corrected chi connectivity index (χ4v) is 1.09. The number of carboxylic acid groups (broad SMARTS) is 1. The van der Waals surface area contributed by atoms with Crippen LogP contribution in [-0.4, -0.2) is 29.7 Å². The number of rotatable bonds is 5. The first-order valence-electron chi connectivity index (χ1n) is 5.50. The molecule has 0 radical (unpaired) electrons. The van der Waals surface area contributed by atoms with Gasteiger partial charge in [0.1, 0.15) is 0 Å². The number of carbonyl (C=O) groups excluding carboxylic acids is 1. The number of urea groups is 1. The van der Waals surface area contributed by atoms with Gasteiger partial charge < -0.3 is 15.7 Å². The number of hydrogen-bond acceptors (Lipinski definition) is 2. The second-order valence-corrected chi connectivity index (χ2v) is 5.09. The van der Waals surface area contributed by atoms with Crippen LogP contribution in [0.5, 0.6) is 0 Å². The molecule has 1 unspecified atom stereocenters. The maximum atomic E-state index is 11.4. The Balaban J connectivity index is 3.97. The van der Waals surface area contributed by atoms with Gasteiger partial charge in [-0.2, -0.15) is 0 Å². The average molecular weight is 230 g/mol. The first-order chi connectivity index (χ1) is 7.24. The van der Waals surface area contributed by atoms with Crippen molar-refractivity contribution in [1.82, 2.24) is 10.6 Å². The number of carboxylic acids is 1. The summed E-state index contributed by atoms with van der Waals surface area (Å²) in [4.78, 5) is 21.9. The van der Waals surface area contributed by atoms with Crippen LogP contribution < -0.4 is 10.6 Å². The summed E-state index contributed by atoms with van der Waals surface area (Å²) in [5.74, 6) is -0.900. The molecular formula is C11H22N2O3. The SMILES string of the molecule is CCC(CC(=O)O)NC(=O)NCC(C)(C)C. The standard InChI is InChI=1S/C11H22N2O3/c1-5-8(6-9(14)15)13-10(16)12-7-11(2,3)4/h8H,5-7H2,1-4H3,(H,14,15)(H2,12,13,16).